The number of carbonyl (C=O) groups excluding carboxylic acids is 1. The summed E-state index contributed by atoms with van der Waals surface area (Å²) in [5.74, 6) is 0.140. The highest BCUT2D eigenvalue weighted by Gasteiger charge is 2.33. The monoisotopic (exact) mass is 388 g/mol. The quantitative estimate of drug-likeness (QED) is 0.765. The molecule has 2 saturated heterocycles. The lowest BCUT2D eigenvalue weighted by molar-refractivity contribution is -0.142. The van der Waals surface area contributed by atoms with Gasteiger partial charge in [-0.2, -0.15) is 18.3 Å². The van der Waals surface area contributed by atoms with Crippen molar-refractivity contribution in [3.63, 3.8) is 0 Å². The van der Waals surface area contributed by atoms with Crippen LogP contribution in [0.4, 0.5) is 13.2 Å². The van der Waals surface area contributed by atoms with Crippen molar-refractivity contribution in [3.8, 4) is 0 Å². The number of nitrogens with zero attached hydrogens (tertiary/aromatic N) is 4. The van der Waals surface area contributed by atoms with Crippen LogP contribution in [-0.2, 0) is 22.3 Å². The van der Waals surface area contributed by atoms with Gasteiger partial charge in [0.2, 0.25) is 5.91 Å². The molecule has 3 rings (SSSR count). The zero-order valence-electron chi connectivity index (χ0n) is 15.0. The first-order valence-electron chi connectivity index (χ1n) is 9.06. The van der Waals surface area contributed by atoms with E-state index in [1.54, 1.807) is 4.90 Å². The minimum absolute atomic E-state index is 0.0634. The summed E-state index contributed by atoms with van der Waals surface area (Å²) >= 11 is 0. The summed E-state index contributed by atoms with van der Waals surface area (Å²) < 4.78 is 44.5. The SMILES string of the molecule is O=C(CN1CCC(Cn2nc(C(F)(F)F)ccc2=O)CC1)N1CCOCC1. The summed E-state index contributed by atoms with van der Waals surface area (Å²) in [6.07, 6.45) is -3.15. The first-order chi connectivity index (χ1) is 12.8. The number of piperidine rings is 1. The predicted octanol–water partition coefficient (Wildman–Crippen LogP) is 0.833. The van der Waals surface area contributed by atoms with Crippen molar-refractivity contribution in [2.45, 2.75) is 25.6 Å². The molecule has 2 fully saturated rings. The average molecular weight is 388 g/mol. The molecule has 2 aliphatic rings. The van der Waals surface area contributed by atoms with Crippen molar-refractivity contribution in [1.82, 2.24) is 19.6 Å². The average Bonchev–Trinajstić information content (AvgIpc) is 2.65. The molecule has 150 valence electrons. The summed E-state index contributed by atoms with van der Waals surface area (Å²) in [4.78, 5) is 27.9. The van der Waals surface area contributed by atoms with Crippen LogP contribution < -0.4 is 5.56 Å². The number of alkyl halides is 3. The van der Waals surface area contributed by atoms with Gasteiger partial charge in [-0.15, -0.1) is 0 Å². The number of carbonyl (C=O) groups is 1. The van der Waals surface area contributed by atoms with Crippen LogP contribution in [0.2, 0.25) is 0 Å². The van der Waals surface area contributed by atoms with E-state index in [2.05, 4.69) is 10.00 Å². The van der Waals surface area contributed by atoms with Gasteiger partial charge in [-0.1, -0.05) is 0 Å². The summed E-state index contributed by atoms with van der Waals surface area (Å²) in [7, 11) is 0. The number of ether oxygens (including phenoxy) is 1. The topological polar surface area (TPSA) is 67.7 Å². The van der Waals surface area contributed by atoms with Crippen molar-refractivity contribution < 1.29 is 22.7 Å². The molecule has 7 nitrogen and oxygen atoms in total. The molecule has 1 aromatic heterocycles. The van der Waals surface area contributed by atoms with Gasteiger partial charge in [0.25, 0.3) is 5.56 Å². The maximum Gasteiger partial charge on any atom is 0.435 e. The zero-order chi connectivity index (χ0) is 19.4. The fourth-order valence-corrected chi connectivity index (χ4v) is 3.41. The molecule has 2 aliphatic heterocycles. The molecular formula is C17H23F3N4O3. The van der Waals surface area contributed by atoms with Crippen LogP contribution >= 0.6 is 0 Å². The Balaban J connectivity index is 1.51. The second-order valence-corrected chi connectivity index (χ2v) is 6.95. The molecule has 0 N–H and O–H groups in total. The van der Waals surface area contributed by atoms with Crippen LogP contribution in [0.5, 0.6) is 0 Å². The van der Waals surface area contributed by atoms with E-state index in [9.17, 15) is 22.8 Å². The standard InChI is InChI=1S/C17H23F3N4O3/c18-17(19,20)14-1-2-15(25)24(21-14)11-13-3-5-22(6-4-13)12-16(26)23-7-9-27-10-8-23/h1-2,13H,3-12H2. The molecule has 0 saturated carbocycles. The molecule has 0 atom stereocenters. The van der Waals surface area contributed by atoms with Gasteiger partial charge >= 0.3 is 6.18 Å². The normalized spacial score (nSPS) is 20.0. The van der Waals surface area contributed by atoms with Gasteiger partial charge in [0.05, 0.1) is 19.8 Å². The third-order valence-corrected chi connectivity index (χ3v) is 5.02. The largest absolute Gasteiger partial charge is 0.435 e. The Labute approximate surface area is 154 Å². The van der Waals surface area contributed by atoms with Crippen LogP contribution in [0.25, 0.3) is 0 Å². The summed E-state index contributed by atoms with van der Waals surface area (Å²) in [5.41, 5.74) is -1.59. The Bertz CT molecular complexity index is 708. The predicted molar refractivity (Wildman–Crippen MR) is 90.1 cm³/mol. The lowest BCUT2D eigenvalue weighted by atomic mass is 9.97. The molecule has 0 bridgehead atoms. The maximum atomic E-state index is 12.8. The smallest absolute Gasteiger partial charge is 0.378 e. The van der Waals surface area contributed by atoms with Crippen molar-refractivity contribution in [1.29, 1.82) is 0 Å². The molecule has 0 aromatic carbocycles. The Hall–Kier alpha value is -1.94. The van der Waals surface area contributed by atoms with Crippen LogP contribution in [0, 0.1) is 5.92 Å². The molecule has 1 amide bonds. The van der Waals surface area contributed by atoms with Gasteiger partial charge in [-0.05, 0) is 37.9 Å². The van der Waals surface area contributed by atoms with Crippen molar-refractivity contribution >= 4 is 5.91 Å². The van der Waals surface area contributed by atoms with Gasteiger partial charge in [-0.25, -0.2) is 4.68 Å². The van der Waals surface area contributed by atoms with E-state index in [-0.39, 0.29) is 18.4 Å². The van der Waals surface area contributed by atoms with Gasteiger partial charge in [0, 0.05) is 25.7 Å². The second-order valence-electron chi connectivity index (χ2n) is 6.95. The van der Waals surface area contributed by atoms with E-state index in [0.29, 0.717) is 64.8 Å². The number of morpholine rings is 1. The number of rotatable bonds is 4. The number of aromatic nitrogens is 2. The number of hydrogen-bond acceptors (Lipinski definition) is 5. The van der Waals surface area contributed by atoms with Crippen LogP contribution in [0.1, 0.15) is 18.5 Å². The van der Waals surface area contributed by atoms with Crippen LogP contribution in [0.3, 0.4) is 0 Å². The fourth-order valence-electron chi connectivity index (χ4n) is 3.41. The number of halogens is 3. The molecule has 0 unspecified atom stereocenters. The molecule has 1 aromatic rings. The molecule has 3 heterocycles. The third-order valence-electron chi connectivity index (χ3n) is 5.02. The lowest BCUT2D eigenvalue weighted by Crippen LogP contribution is -2.47. The minimum atomic E-state index is -4.57. The van der Waals surface area contributed by atoms with Crippen LogP contribution in [-0.4, -0.2) is 71.4 Å². The van der Waals surface area contributed by atoms with Crippen molar-refractivity contribution in [3.05, 3.63) is 28.2 Å². The van der Waals surface area contributed by atoms with E-state index in [1.807, 2.05) is 0 Å². The molecule has 0 spiro atoms. The van der Waals surface area contributed by atoms with Crippen LogP contribution in [0.15, 0.2) is 16.9 Å². The maximum absolute atomic E-state index is 12.8. The number of likely N-dealkylation sites (tertiary alicyclic amines) is 1. The van der Waals surface area contributed by atoms with Gasteiger partial charge in [0.15, 0.2) is 5.69 Å². The van der Waals surface area contributed by atoms with Gasteiger partial charge in [0.1, 0.15) is 0 Å². The highest BCUT2D eigenvalue weighted by molar-refractivity contribution is 5.78. The Morgan fingerprint density at radius 2 is 1.81 bits per heavy atom. The molecule has 10 heteroatoms. The Morgan fingerprint density at radius 1 is 1.15 bits per heavy atom. The minimum Gasteiger partial charge on any atom is -0.378 e. The van der Waals surface area contributed by atoms with E-state index in [1.165, 1.54) is 0 Å². The second kappa shape index (κ2) is 8.39. The summed E-state index contributed by atoms with van der Waals surface area (Å²) in [6, 6.07) is 1.62. The van der Waals surface area contributed by atoms with E-state index >= 15 is 0 Å². The first-order valence-corrected chi connectivity index (χ1v) is 9.06. The Morgan fingerprint density at radius 3 is 2.44 bits per heavy atom. The van der Waals surface area contributed by atoms with Gasteiger partial charge < -0.3 is 9.64 Å². The number of hydrogen-bond donors (Lipinski definition) is 0. The summed E-state index contributed by atoms with van der Waals surface area (Å²) in [5, 5.41) is 3.46. The molecule has 27 heavy (non-hydrogen) atoms. The summed E-state index contributed by atoms with van der Waals surface area (Å²) in [6.45, 7) is 4.20. The van der Waals surface area contributed by atoms with Crippen molar-refractivity contribution in [2.75, 3.05) is 45.9 Å². The first kappa shape index (κ1) is 19.8. The fraction of sp³-hybridized carbons (Fsp3) is 0.706. The van der Waals surface area contributed by atoms with E-state index in [0.717, 1.165) is 10.7 Å². The van der Waals surface area contributed by atoms with E-state index < -0.39 is 17.4 Å². The molecular weight excluding hydrogens is 365 g/mol. The Kier molecular flexibility index (Phi) is 6.15. The van der Waals surface area contributed by atoms with Crippen molar-refractivity contribution in [2.24, 2.45) is 5.92 Å². The highest BCUT2D eigenvalue weighted by Crippen LogP contribution is 2.26. The van der Waals surface area contributed by atoms with E-state index in [4.69, 9.17) is 4.74 Å². The molecule has 0 radical (unpaired) electrons. The highest BCUT2D eigenvalue weighted by atomic mass is 19.4. The lowest BCUT2D eigenvalue weighted by Gasteiger charge is -2.34. The third kappa shape index (κ3) is 5.29. The van der Waals surface area contributed by atoms with Gasteiger partial charge in [-0.3, -0.25) is 14.5 Å². The zero-order valence-corrected chi connectivity index (χ0v) is 15.0. The number of amides is 1. The molecule has 0 aliphatic carbocycles.